The predicted molar refractivity (Wildman–Crippen MR) is 141 cm³/mol. The molecular weight excluding hydrogens is 547 g/mol. The zero-order chi connectivity index (χ0) is 29.0. The van der Waals surface area contributed by atoms with E-state index in [2.05, 4.69) is 16.3 Å². The fraction of sp³-hybridized carbons (Fsp3) is 0.481. The SMILES string of the molecule is CC(C)(C)OC(=O)N1CCC2(CC(n3nc(-c4cnn(Cc5ccc(Cl)c(C(F)(F)F)c5)c4)c(C#N)c3N)C2)C1. The summed E-state index contributed by atoms with van der Waals surface area (Å²) in [6, 6.07) is 5.81. The molecular formula is C27H29ClF3N7O2. The molecule has 1 aromatic carbocycles. The number of rotatable bonds is 4. The van der Waals surface area contributed by atoms with Gasteiger partial charge in [-0.25, -0.2) is 9.48 Å². The van der Waals surface area contributed by atoms with Crippen LogP contribution in [0.1, 0.15) is 62.8 Å². The van der Waals surface area contributed by atoms with Gasteiger partial charge in [0.05, 0.1) is 29.4 Å². The van der Waals surface area contributed by atoms with Gasteiger partial charge in [-0.2, -0.15) is 28.6 Å². The molecule has 1 spiro atoms. The van der Waals surface area contributed by atoms with Gasteiger partial charge in [0.1, 0.15) is 28.7 Å². The predicted octanol–water partition coefficient (Wildman–Crippen LogP) is 5.88. The van der Waals surface area contributed by atoms with E-state index in [1.807, 2.05) is 20.8 Å². The fourth-order valence-electron chi connectivity index (χ4n) is 5.55. The highest BCUT2D eigenvalue weighted by molar-refractivity contribution is 6.31. The summed E-state index contributed by atoms with van der Waals surface area (Å²) in [5.74, 6) is 0.250. The zero-order valence-corrected chi connectivity index (χ0v) is 23.1. The molecule has 0 atom stereocenters. The Morgan fingerprint density at radius 3 is 2.67 bits per heavy atom. The smallest absolute Gasteiger partial charge is 0.417 e. The standard InChI is InChI=1S/C27H29ClF3N7O2/c1-25(2,3)40-24(39)36-7-6-26(15-36)9-18(10-26)38-23(33)19(11-32)22(35-38)17-12-34-37(14-17)13-16-4-5-21(28)20(8-16)27(29,30)31/h4-5,8,12,14,18H,6-7,9-10,13,15,33H2,1-3H3. The number of hydrogen-bond acceptors (Lipinski definition) is 6. The van der Waals surface area contributed by atoms with Gasteiger partial charge >= 0.3 is 12.3 Å². The number of alkyl halides is 3. The van der Waals surface area contributed by atoms with E-state index < -0.39 is 17.3 Å². The minimum Gasteiger partial charge on any atom is -0.444 e. The van der Waals surface area contributed by atoms with Gasteiger partial charge in [-0.1, -0.05) is 17.7 Å². The summed E-state index contributed by atoms with van der Waals surface area (Å²) >= 11 is 5.73. The third-order valence-corrected chi connectivity index (χ3v) is 7.75. The Morgan fingerprint density at radius 2 is 2.02 bits per heavy atom. The Kier molecular flexibility index (Phi) is 6.77. The van der Waals surface area contributed by atoms with E-state index >= 15 is 0 Å². The van der Waals surface area contributed by atoms with Gasteiger partial charge in [0.2, 0.25) is 0 Å². The van der Waals surface area contributed by atoms with Gasteiger partial charge in [0.15, 0.2) is 0 Å². The molecule has 0 unspecified atom stereocenters. The number of likely N-dealkylation sites (tertiary alicyclic amines) is 1. The monoisotopic (exact) mass is 575 g/mol. The topological polar surface area (TPSA) is 115 Å². The van der Waals surface area contributed by atoms with Gasteiger partial charge in [-0.3, -0.25) is 4.68 Å². The van der Waals surface area contributed by atoms with E-state index in [1.54, 1.807) is 15.8 Å². The number of carbonyl (C=O) groups excluding carboxylic acids is 1. The van der Waals surface area contributed by atoms with Crippen molar-refractivity contribution in [2.75, 3.05) is 18.8 Å². The van der Waals surface area contributed by atoms with Crippen LogP contribution >= 0.6 is 11.6 Å². The Bertz CT molecular complexity index is 1490. The van der Waals surface area contributed by atoms with Crippen molar-refractivity contribution in [3.63, 3.8) is 0 Å². The van der Waals surface area contributed by atoms with Crippen molar-refractivity contribution in [3.05, 3.63) is 52.3 Å². The normalized spacial score (nSPS) is 20.9. The van der Waals surface area contributed by atoms with Crippen molar-refractivity contribution in [3.8, 4) is 17.3 Å². The van der Waals surface area contributed by atoms with Gasteiger partial charge in [0.25, 0.3) is 0 Å². The molecule has 1 aliphatic carbocycles. The van der Waals surface area contributed by atoms with Gasteiger partial charge in [0, 0.05) is 24.8 Å². The van der Waals surface area contributed by atoms with E-state index in [0.717, 1.165) is 25.3 Å². The number of ether oxygens (including phenoxy) is 1. The summed E-state index contributed by atoms with van der Waals surface area (Å²) < 4.78 is 48.4. The number of hydrogen-bond donors (Lipinski definition) is 1. The second-order valence-electron chi connectivity index (χ2n) is 11.6. The lowest BCUT2D eigenvalue weighted by molar-refractivity contribution is -0.137. The minimum absolute atomic E-state index is 0.0238. The van der Waals surface area contributed by atoms with Crippen molar-refractivity contribution >= 4 is 23.5 Å². The first-order valence-electron chi connectivity index (χ1n) is 12.8. The maximum Gasteiger partial charge on any atom is 0.417 e. The van der Waals surface area contributed by atoms with E-state index in [1.165, 1.54) is 23.0 Å². The average molecular weight is 576 g/mol. The molecule has 3 heterocycles. The second-order valence-corrected chi connectivity index (χ2v) is 12.0. The second kappa shape index (κ2) is 9.73. The van der Waals surface area contributed by atoms with Gasteiger partial charge in [-0.05, 0) is 63.1 Å². The summed E-state index contributed by atoms with van der Waals surface area (Å²) in [6.45, 7) is 6.81. The molecule has 5 rings (SSSR count). The number of halogens is 4. The van der Waals surface area contributed by atoms with Crippen LogP contribution < -0.4 is 5.73 Å². The third-order valence-electron chi connectivity index (χ3n) is 7.42. The van der Waals surface area contributed by atoms with E-state index in [4.69, 9.17) is 22.1 Å². The van der Waals surface area contributed by atoms with Gasteiger partial charge in [-0.15, -0.1) is 0 Å². The van der Waals surface area contributed by atoms with Crippen LogP contribution in [0, 0.1) is 16.7 Å². The van der Waals surface area contributed by atoms with E-state index in [9.17, 15) is 23.2 Å². The van der Waals surface area contributed by atoms with E-state index in [-0.39, 0.29) is 40.5 Å². The molecule has 2 aromatic heterocycles. The van der Waals surface area contributed by atoms with E-state index in [0.29, 0.717) is 29.9 Å². The average Bonchev–Trinajstić information content (AvgIpc) is 3.54. The summed E-state index contributed by atoms with van der Waals surface area (Å²) in [4.78, 5) is 14.2. The highest BCUT2D eigenvalue weighted by Crippen LogP contribution is 2.55. The number of nitrogen functional groups attached to an aromatic ring is 1. The van der Waals surface area contributed by atoms with Crippen molar-refractivity contribution < 1.29 is 22.7 Å². The first-order chi connectivity index (χ1) is 18.7. The maximum atomic E-state index is 13.2. The van der Waals surface area contributed by atoms with Crippen molar-refractivity contribution in [1.82, 2.24) is 24.5 Å². The molecule has 212 valence electrons. The van der Waals surface area contributed by atoms with Gasteiger partial charge < -0.3 is 15.4 Å². The lowest BCUT2D eigenvalue weighted by atomic mass is 9.65. The van der Waals surface area contributed by atoms with Crippen LogP contribution in [0.3, 0.4) is 0 Å². The highest BCUT2D eigenvalue weighted by Gasteiger charge is 2.51. The maximum absolute atomic E-state index is 13.2. The van der Waals surface area contributed by atoms with Crippen LogP contribution in [0.15, 0.2) is 30.6 Å². The van der Waals surface area contributed by atoms with Crippen molar-refractivity contribution in [1.29, 1.82) is 5.26 Å². The van der Waals surface area contributed by atoms with Crippen LogP contribution in [-0.2, 0) is 17.5 Å². The number of anilines is 1. The number of carbonyl (C=O) groups is 1. The van der Waals surface area contributed by atoms with Crippen LogP contribution in [0.25, 0.3) is 11.3 Å². The van der Waals surface area contributed by atoms with Crippen molar-refractivity contribution in [2.24, 2.45) is 5.41 Å². The summed E-state index contributed by atoms with van der Waals surface area (Å²) in [5, 5.41) is 18.4. The zero-order valence-electron chi connectivity index (χ0n) is 22.3. The fourth-order valence-corrected chi connectivity index (χ4v) is 5.77. The highest BCUT2D eigenvalue weighted by atomic mass is 35.5. The van der Waals surface area contributed by atoms with Crippen LogP contribution in [0.4, 0.5) is 23.8 Å². The number of aromatic nitrogens is 4. The molecule has 2 N–H and O–H groups in total. The molecule has 2 fully saturated rings. The molecule has 3 aromatic rings. The molecule has 0 bridgehead atoms. The summed E-state index contributed by atoms with van der Waals surface area (Å²) in [5.41, 5.74) is 6.31. The number of amides is 1. The molecule has 13 heteroatoms. The molecule has 1 amide bonds. The van der Waals surface area contributed by atoms with Crippen LogP contribution in [0.2, 0.25) is 5.02 Å². The molecule has 1 aliphatic heterocycles. The number of nitrogens with zero attached hydrogens (tertiary/aromatic N) is 6. The summed E-state index contributed by atoms with van der Waals surface area (Å²) in [6.07, 6.45) is 0.625. The molecule has 1 saturated heterocycles. The number of nitriles is 1. The molecule has 1 saturated carbocycles. The lowest BCUT2D eigenvalue weighted by Gasteiger charge is -2.45. The third kappa shape index (κ3) is 5.35. The van der Waals surface area contributed by atoms with Crippen LogP contribution in [-0.4, -0.2) is 49.2 Å². The Morgan fingerprint density at radius 1 is 1.30 bits per heavy atom. The van der Waals surface area contributed by atoms with Crippen molar-refractivity contribution in [2.45, 2.75) is 64.4 Å². The quantitative estimate of drug-likeness (QED) is 0.415. The Labute approximate surface area is 234 Å². The van der Waals surface area contributed by atoms with Crippen LogP contribution in [0.5, 0.6) is 0 Å². The minimum atomic E-state index is -4.57. The summed E-state index contributed by atoms with van der Waals surface area (Å²) in [7, 11) is 0. The molecule has 0 radical (unpaired) electrons. The largest absolute Gasteiger partial charge is 0.444 e. The number of benzene rings is 1. The molecule has 9 nitrogen and oxygen atoms in total. The molecule has 40 heavy (non-hydrogen) atoms. The Hall–Kier alpha value is -3.72. The number of nitrogens with two attached hydrogens (primary N) is 1. The Balaban J connectivity index is 1.30. The first kappa shape index (κ1) is 27.8. The first-order valence-corrected chi connectivity index (χ1v) is 13.2. The lowest BCUT2D eigenvalue weighted by Crippen LogP contribution is -2.43. The molecule has 2 aliphatic rings.